The van der Waals surface area contributed by atoms with Gasteiger partial charge in [-0.25, -0.2) is 4.39 Å². The molecule has 2 N–H and O–H groups in total. The van der Waals surface area contributed by atoms with Gasteiger partial charge in [-0.1, -0.05) is 0 Å². The molecule has 0 amide bonds. The second-order valence-electron chi connectivity index (χ2n) is 3.25. The Kier molecular flexibility index (Phi) is 2.33. The Balaban J connectivity index is 2.89. The first-order valence-corrected chi connectivity index (χ1v) is 5.06. The zero-order chi connectivity index (χ0) is 10.3. The lowest BCUT2D eigenvalue weighted by Gasteiger charge is -1.99. The first-order chi connectivity index (χ1) is 6.63. The summed E-state index contributed by atoms with van der Waals surface area (Å²) in [7, 11) is 1.92. The Labute approximate surface area is 89.6 Å². The van der Waals surface area contributed by atoms with E-state index in [0.717, 1.165) is 20.9 Å². The monoisotopic (exact) mass is 256 g/mol. The second kappa shape index (κ2) is 3.37. The molecule has 0 radical (unpaired) electrons. The van der Waals surface area contributed by atoms with Crippen molar-refractivity contribution >= 4 is 26.8 Å². The van der Waals surface area contributed by atoms with Crippen LogP contribution in [0.1, 0.15) is 5.56 Å². The number of aryl methyl sites for hydroxylation is 1. The highest BCUT2D eigenvalue weighted by Crippen LogP contribution is 2.28. The first kappa shape index (κ1) is 9.68. The van der Waals surface area contributed by atoms with Crippen molar-refractivity contribution in [1.29, 1.82) is 0 Å². The summed E-state index contributed by atoms with van der Waals surface area (Å²) in [4.78, 5) is 0. The summed E-state index contributed by atoms with van der Waals surface area (Å²) >= 11 is 3.34. The third-order valence-electron chi connectivity index (χ3n) is 2.30. The first-order valence-electron chi connectivity index (χ1n) is 4.26. The van der Waals surface area contributed by atoms with Gasteiger partial charge in [0.2, 0.25) is 0 Å². The predicted octanol–water partition coefficient (Wildman–Crippen LogP) is 2.54. The maximum atomic E-state index is 13.1. The van der Waals surface area contributed by atoms with Crippen LogP contribution >= 0.6 is 15.9 Å². The quantitative estimate of drug-likeness (QED) is 0.836. The molecule has 4 heteroatoms. The van der Waals surface area contributed by atoms with E-state index in [1.54, 1.807) is 0 Å². The highest BCUT2D eigenvalue weighted by atomic mass is 79.9. The van der Waals surface area contributed by atoms with Gasteiger partial charge < -0.3 is 10.3 Å². The number of aromatic nitrogens is 1. The number of fused-ring (bicyclic) bond motifs is 1. The van der Waals surface area contributed by atoms with Crippen LogP contribution in [-0.2, 0) is 13.6 Å². The van der Waals surface area contributed by atoms with E-state index in [1.165, 1.54) is 12.1 Å². The fraction of sp³-hybridized carbons (Fsp3) is 0.200. The third kappa shape index (κ3) is 1.35. The molecular weight excluding hydrogens is 247 g/mol. The predicted molar refractivity (Wildman–Crippen MR) is 58.5 cm³/mol. The fourth-order valence-corrected chi connectivity index (χ4v) is 2.41. The lowest BCUT2D eigenvalue weighted by Crippen LogP contribution is -1.94. The minimum atomic E-state index is -0.245. The van der Waals surface area contributed by atoms with Crippen molar-refractivity contribution in [3.05, 3.63) is 34.2 Å². The number of hydrogen-bond donors (Lipinski definition) is 1. The van der Waals surface area contributed by atoms with Crippen LogP contribution in [0.5, 0.6) is 0 Å². The van der Waals surface area contributed by atoms with Gasteiger partial charge in [0.25, 0.3) is 0 Å². The van der Waals surface area contributed by atoms with E-state index >= 15 is 0 Å². The number of rotatable bonds is 1. The Morgan fingerprint density at radius 1 is 1.50 bits per heavy atom. The molecule has 1 aromatic heterocycles. The summed E-state index contributed by atoms with van der Waals surface area (Å²) < 4.78 is 15.8. The molecule has 1 aromatic carbocycles. The van der Waals surface area contributed by atoms with Crippen molar-refractivity contribution in [2.24, 2.45) is 12.8 Å². The van der Waals surface area contributed by atoms with Crippen LogP contribution in [0.4, 0.5) is 4.39 Å². The molecule has 0 spiro atoms. The average molecular weight is 257 g/mol. The number of nitrogens with zero attached hydrogens (tertiary/aromatic N) is 1. The summed E-state index contributed by atoms with van der Waals surface area (Å²) in [5.74, 6) is -0.245. The molecule has 74 valence electrons. The highest BCUT2D eigenvalue weighted by molar-refractivity contribution is 9.10. The van der Waals surface area contributed by atoms with E-state index in [-0.39, 0.29) is 5.82 Å². The molecule has 2 rings (SSSR count). The lowest BCUT2D eigenvalue weighted by molar-refractivity contribution is 0.628. The van der Waals surface area contributed by atoms with E-state index in [9.17, 15) is 4.39 Å². The second-order valence-corrected chi connectivity index (χ2v) is 4.11. The molecule has 0 saturated carbocycles. The van der Waals surface area contributed by atoms with Gasteiger partial charge in [0.05, 0.1) is 5.52 Å². The van der Waals surface area contributed by atoms with E-state index in [4.69, 9.17) is 5.73 Å². The van der Waals surface area contributed by atoms with Gasteiger partial charge in [-0.15, -0.1) is 0 Å². The van der Waals surface area contributed by atoms with Crippen LogP contribution in [0.3, 0.4) is 0 Å². The molecule has 0 saturated heterocycles. The summed E-state index contributed by atoms with van der Waals surface area (Å²) in [5, 5.41) is 0.877. The molecule has 0 aliphatic rings. The number of halogens is 2. The maximum absolute atomic E-state index is 13.1. The van der Waals surface area contributed by atoms with Crippen LogP contribution in [0, 0.1) is 5.82 Å². The van der Waals surface area contributed by atoms with Crippen molar-refractivity contribution in [3.63, 3.8) is 0 Å². The van der Waals surface area contributed by atoms with Gasteiger partial charge in [-0.05, 0) is 33.6 Å². The Morgan fingerprint density at radius 3 is 2.86 bits per heavy atom. The lowest BCUT2D eigenvalue weighted by atomic mass is 10.2. The van der Waals surface area contributed by atoms with Gasteiger partial charge in [0.15, 0.2) is 0 Å². The van der Waals surface area contributed by atoms with Crippen LogP contribution in [0.15, 0.2) is 22.8 Å². The molecule has 2 aromatic rings. The molecule has 2 nitrogen and oxygen atoms in total. The van der Waals surface area contributed by atoms with Gasteiger partial charge in [0, 0.05) is 29.6 Å². The van der Waals surface area contributed by atoms with Crippen molar-refractivity contribution in [3.8, 4) is 0 Å². The summed E-state index contributed by atoms with van der Waals surface area (Å²) in [6.07, 6.45) is 1.93. The Bertz CT molecular complexity index is 490. The molecule has 0 fully saturated rings. The van der Waals surface area contributed by atoms with Crippen molar-refractivity contribution in [2.75, 3.05) is 0 Å². The number of nitrogens with two attached hydrogens (primary N) is 1. The minimum absolute atomic E-state index is 0.245. The van der Waals surface area contributed by atoms with E-state index < -0.39 is 0 Å². The van der Waals surface area contributed by atoms with Crippen LogP contribution < -0.4 is 5.73 Å². The zero-order valence-corrected chi connectivity index (χ0v) is 9.31. The smallest absolute Gasteiger partial charge is 0.125 e. The van der Waals surface area contributed by atoms with Gasteiger partial charge in [-0.2, -0.15) is 0 Å². The van der Waals surface area contributed by atoms with Gasteiger partial charge in [-0.3, -0.25) is 0 Å². The molecule has 0 bridgehead atoms. The van der Waals surface area contributed by atoms with Crippen LogP contribution in [0.25, 0.3) is 10.9 Å². The summed E-state index contributed by atoms with van der Waals surface area (Å²) in [5.41, 5.74) is 7.52. The van der Waals surface area contributed by atoms with Gasteiger partial charge in [0.1, 0.15) is 5.82 Å². The topological polar surface area (TPSA) is 30.9 Å². The van der Waals surface area contributed by atoms with E-state index in [0.29, 0.717) is 6.54 Å². The number of hydrogen-bond acceptors (Lipinski definition) is 1. The Hall–Kier alpha value is -0.870. The maximum Gasteiger partial charge on any atom is 0.125 e. The SMILES string of the molecule is Cn1cc(CN)c2cc(F)cc(Br)c21. The molecular formula is C10H10BrFN2. The van der Waals surface area contributed by atoms with Crippen molar-refractivity contribution < 1.29 is 4.39 Å². The average Bonchev–Trinajstić information content (AvgIpc) is 2.42. The van der Waals surface area contributed by atoms with E-state index in [2.05, 4.69) is 15.9 Å². The summed E-state index contributed by atoms with van der Waals surface area (Å²) in [6.45, 7) is 0.424. The number of benzene rings is 1. The molecule has 1 heterocycles. The van der Waals surface area contributed by atoms with Crippen molar-refractivity contribution in [1.82, 2.24) is 4.57 Å². The molecule has 0 aliphatic heterocycles. The third-order valence-corrected chi connectivity index (χ3v) is 2.90. The molecule has 0 aliphatic carbocycles. The molecule has 0 atom stereocenters. The Morgan fingerprint density at radius 2 is 2.21 bits per heavy atom. The molecule has 14 heavy (non-hydrogen) atoms. The zero-order valence-electron chi connectivity index (χ0n) is 7.72. The largest absolute Gasteiger partial charge is 0.349 e. The molecule has 0 unspecified atom stereocenters. The standard InChI is InChI=1S/C10H10BrFN2/c1-14-5-6(4-13)8-2-7(12)3-9(11)10(8)14/h2-3,5H,4,13H2,1H3. The van der Waals surface area contributed by atoms with Crippen molar-refractivity contribution in [2.45, 2.75) is 6.54 Å². The van der Waals surface area contributed by atoms with Gasteiger partial charge >= 0.3 is 0 Å². The highest BCUT2D eigenvalue weighted by Gasteiger charge is 2.09. The fourth-order valence-electron chi connectivity index (χ4n) is 1.70. The summed E-state index contributed by atoms with van der Waals surface area (Å²) in [6, 6.07) is 2.98. The van der Waals surface area contributed by atoms with E-state index in [1.807, 2.05) is 17.8 Å². The van der Waals surface area contributed by atoms with Crippen LogP contribution in [0.2, 0.25) is 0 Å². The minimum Gasteiger partial charge on any atom is -0.349 e. The normalized spacial score (nSPS) is 11.1. The van der Waals surface area contributed by atoms with Crippen LogP contribution in [-0.4, -0.2) is 4.57 Å².